The third kappa shape index (κ3) is 3.34. The molecule has 32 heavy (non-hydrogen) atoms. The lowest BCUT2D eigenvalue weighted by atomic mass is 9.90. The van der Waals surface area contributed by atoms with Gasteiger partial charge in [-0.15, -0.1) is 0 Å². The molecule has 1 aromatic heterocycles. The SMILES string of the molecule is O=C(CCC1CCCC1)N1CCc2c([nH]c3ccccc23)C1c1cc(Cl)cc2c1OCO2. The van der Waals surface area contributed by atoms with Crippen LogP contribution in [0, 0.1) is 5.92 Å². The van der Waals surface area contributed by atoms with Crippen molar-refractivity contribution < 1.29 is 14.3 Å². The summed E-state index contributed by atoms with van der Waals surface area (Å²) in [6.45, 7) is 0.857. The first-order valence-corrected chi connectivity index (χ1v) is 12.0. The summed E-state index contributed by atoms with van der Waals surface area (Å²) < 4.78 is 11.5. The fraction of sp³-hybridized carbons (Fsp3) is 0.423. The number of rotatable bonds is 4. The lowest BCUT2D eigenvalue weighted by molar-refractivity contribution is -0.133. The van der Waals surface area contributed by atoms with Gasteiger partial charge in [0.2, 0.25) is 12.7 Å². The van der Waals surface area contributed by atoms with E-state index in [1.165, 1.54) is 36.6 Å². The van der Waals surface area contributed by atoms with Gasteiger partial charge in [-0.05, 0) is 36.5 Å². The molecular formula is C26H27ClN2O3. The van der Waals surface area contributed by atoms with Crippen molar-refractivity contribution in [2.45, 2.75) is 51.0 Å². The van der Waals surface area contributed by atoms with Crippen molar-refractivity contribution in [3.63, 3.8) is 0 Å². The molecular weight excluding hydrogens is 424 g/mol. The van der Waals surface area contributed by atoms with E-state index in [9.17, 15) is 4.79 Å². The van der Waals surface area contributed by atoms with E-state index in [0.717, 1.165) is 29.6 Å². The highest BCUT2D eigenvalue weighted by Gasteiger charge is 2.38. The number of carbonyl (C=O) groups is 1. The van der Waals surface area contributed by atoms with Crippen molar-refractivity contribution >= 4 is 28.4 Å². The first kappa shape index (κ1) is 20.0. The fourth-order valence-corrected chi connectivity index (χ4v) is 6.03. The molecule has 6 heteroatoms. The van der Waals surface area contributed by atoms with E-state index in [0.29, 0.717) is 35.4 Å². The number of aromatic amines is 1. The minimum atomic E-state index is -0.267. The number of carbonyl (C=O) groups excluding carboxylic acids is 1. The number of nitrogens with one attached hydrogen (secondary N) is 1. The summed E-state index contributed by atoms with van der Waals surface area (Å²) in [4.78, 5) is 19.2. The molecule has 1 N–H and O–H groups in total. The number of halogens is 1. The molecule has 1 saturated carbocycles. The molecule has 0 radical (unpaired) electrons. The van der Waals surface area contributed by atoms with Crippen LogP contribution in [0.1, 0.15) is 61.4 Å². The van der Waals surface area contributed by atoms with Crippen LogP contribution in [0.2, 0.25) is 5.02 Å². The van der Waals surface area contributed by atoms with Gasteiger partial charge in [0.1, 0.15) is 6.04 Å². The molecule has 0 bridgehead atoms. The summed E-state index contributed by atoms with van der Waals surface area (Å²) in [5.41, 5.74) is 4.33. The van der Waals surface area contributed by atoms with Crippen LogP contribution in [0.3, 0.4) is 0 Å². The van der Waals surface area contributed by atoms with Gasteiger partial charge in [0.15, 0.2) is 11.5 Å². The van der Waals surface area contributed by atoms with E-state index in [1.807, 2.05) is 17.0 Å². The van der Waals surface area contributed by atoms with E-state index in [-0.39, 0.29) is 18.7 Å². The lowest BCUT2D eigenvalue weighted by Gasteiger charge is -2.37. The van der Waals surface area contributed by atoms with E-state index in [1.54, 1.807) is 6.07 Å². The third-order valence-electron chi connectivity index (χ3n) is 7.36. The molecule has 2 aliphatic heterocycles. The zero-order valence-electron chi connectivity index (χ0n) is 18.0. The lowest BCUT2D eigenvalue weighted by Crippen LogP contribution is -2.40. The van der Waals surface area contributed by atoms with Gasteiger partial charge in [-0.1, -0.05) is 55.5 Å². The third-order valence-corrected chi connectivity index (χ3v) is 7.57. The predicted octanol–water partition coefficient (Wildman–Crippen LogP) is 5.99. The number of fused-ring (bicyclic) bond motifs is 4. The van der Waals surface area contributed by atoms with Crippen LogP contribution < -0.4 is 9.47 Å². The number of nitrogens with zero attached hydrogens (tertiary/aromatic N) is 1. The smallest absolute Gasteiger partial charge is 0.231 e. The van der Waals surface area contributed by atoms with Gasteiger partial charge < -0.3 is 19.4 Å². The van der Waals surface area contributed by atoms with E-state index < -0.39 is 0 Å². The molecule has 0 spiro atoms. The summed E-state index contributed by atoms with van der Waals surface area (Å²) in [5, 5.41) is 1.81. The van der Waals surface area contributed by atoms with Crippen molar-refractivity contribution in [2.75, 3.05) is 13.3 Å². The highest BCUT2D eigenvalue weighted by molar-refractivity contribution is 6.30. The zero-order chi connectivity index (χ0) is 21.7. The van der Waals surface area contributed by atoms with E-state index in [2.05, 4.69) is 23.2 Å². The maximum atomic E-state index is 13.6. The van der Waals surface area contributed by atoms with Gasteiger partial charge in [0.05, 0.1) is 0 Å². The van der Waals surface area contributed by atoms with Crippen LogP contribution in [-0.2, 0) is 11.2 Å². The molecule has 0 saturated heterocycles. The first-order valence-electron chi connectivity index (χ1n) is 11.7. The number of para-hydroxylation sites is 1. The normalized spacial score (nSPS) is 20.2. The summed E-state index contributed by atoms with van der Waals surface area (Å²) >= 11 is 6.48. The average molecular weight is 451 g/mol. The maximum absolute atomic E-state index is 13.6. The molecule has 3 aliphatic rings. The fourth-order valence-electron chi connectivity index (χ4n) is 5.81. The molecule has 1 unspecified atom stereocenters. The summed E-state index contributed by atoms with van der Waals surface area (Å²) in [6.07, 6.45) is 7.54. The highest BCUT2D eigenvalue weighted by atomic mass is 35.5. The molecule has 6 rings (SSSR count). The molecule has 5 nitrogen and oxygen atoms in total. The second-order valence-electron chi connectivity index (χ2n) is 9.22. The van der Waals surface area contributed by atoms with Crippen LogP contribution in [0.5, 0.6) is 11.5 Å². The molecule has 3 heterocycles. The van der Waals surface area contributed by atoms with Crippen LogP contribution in [-0.4, -0.2) is 29.1 Å². The Kier molecular flexibility index (Phi) is 5.02. The number of aromatic nitrogens is 1. The van der Waals surface area contributed by atoms with Crippen LogP contribution in [0.25, 0.3) is 10.9 Å². The van der Waals surface area contributed by atoms with Crippen LogP contribution in [0.4, 0.5) is 0 Å². The monoisotopic (exact) mass is 450 g/mol. The predicted molar refractivity (Wildman–Crippen MR) is 124 cm³/mol. The van der Waals surface area contributed by atoms with E-state index >= 15 is 0 Å². The minimum Gasteiger partial charge on any atom is -0.454 e. The van der Waals surface area contributed by atoms with Gasteiger partial charge in [-0.2, -0.15) is 0 Å². The Bertz CT molecular complexity index is 1180. The van der Waals surface area contributed by atoms with Crippen molar-refractivity contribution in [1.82, 2.24) is 9.88 Å². The van der Waals surface area contributed by atoms with Gasteiger partial charge in [-0.3, -0.25) is 4.79 Å². The molecule has 3 aromatic rings. The second kappa shape index (κ2) is 8.04. The number of ether oxygens (including phenoxy) is 2. The van der Waals surface area contributed by atoms with Crippen molar-refractivity contribution in [3.05, 3.63) is 58.2 Å². The summed E-state index contributed by atoms with van der Waals surface area (Å²) in [5.74, 6) is 2.24. The molecule has 1 amide bonds. The number of hydrogen-bond acceptors (Lipinski definition) is 3. The number of hydrogen-bond donors (Lipinski definition) is 1. The standard InChI is InChI=1S/C26H27ClN2O3/c27-17-13-20(26-22(14-17)31-15-32-26)25-24-19(18-7-3-4-8-21(18)28-24)11-12-29(25)23(30)10-9-16-5-1-2-6-16/h3-4,7-8,13-14,16,25,28H,1-2,5-6,9-12,15H2. The van der Waals surface area contributed by atoms with E-state index in [4.69, 9.17) is 21.1 Å². The molecule has 166 valence electrons. The van der Waals surface area contributed by atoms with Crippen molar-refractivity contribution in [3.8, 4) is 11.5 Å². The van der Waals surface area contributed by atoms with Crippen molar-refractivity contribution in [2.24, 2.45) is 5.92 Å². The summed E-state index contributed by atoms with van der Waals surface area (Å²) in [7, 11) is 0. The summed E-state index contributed by atoms with van der Waals surface area (Å²) in [6, 6.07) is 11.8. The Balaban J connectivity index is 1.43. The Morgan fingerprint density at radius 3 is 2.88 bits per heavy atom. The Hall–Kier alpha value is -2.66. The topological polar surface area (TPSA) is 54.6 Å². The highest BCUT2D eigenvalue weighted by Crippen LogP contribution is 2.47. The first-order chi connectivity index (χ1) is 15.7. The molecule has 1 fully saturated rings. The Labute approximate surface area is 192 Å². The van der Waals surface area contributed by atoms with Gasteiger partial charge in [0, 0.05) is 46.2 Å². The number of H-pyrrole nitrogens is 1. The van der Waals surface area contributed by atoms with Crippen LogP contribution >= 0.6 is 11.6 Å². The van der Waals surface area contributed by atoms with Crippen molar-refractivity contribution in [1.29, 1.82) is 0 Å². The zero-order valence-corrected chi connectivity index (χ0v) is 18.8. The minimum absolute atomic E-state index is 0.171. The van der Waals surface area contributed by atoms with Gasteiger partial charge >= 0.3 is 0 Å². The average Bonchev–Trinajstić information content (AvgIpc) is 3.55. The van der Waals surface area contributed by atoms with Crippen LogP contribution in [0.15, 0.2) is 36.4 Å². The molecule has 1 atom stereocenters. The second-order valence-corrected chi connectivity index (χ2v) is 9.66. The molecule has 2 aromatic carbocycles. The van der Waals surface area contributed by atoms with Gasteiger partial charge in [-0.25, -0.2) is 0 Å². The Morgan fingerprint density at radius 1 is 1.16 bits per heavy atom. The largest absolute Gasteiger partial charge is 0.454 e. The quantitative estimate of drug-likeness (QED) is 0.530. The Morgan fingerprint density at radius 2 is 2.00 bits per heavy atom. The van der Waals surface area contributed by atoms with Gasteiger partial charge in [0.25, 0.3) is 0 Å². The number of amides is 1. The maximum Gasteiger partial charge on any atom is 0.231 e. The molecule has 1 aliphatic carbocycles. The number of benzene rings is 2.